The predicted octanol–water partition coefficient (Wildman–Crippen LogP) is 5.30. The molecular formula is C24H23FN2O. The summed E-state index contributed by atoms with van der Waals surface area (Å²) in [6.07, 6.45) is 4.68. The molecule has 1 fully saturated rings. The number of hydrogen-bond donors (Lipinski definition) is 0. The Bertz CT molecular complexity index is 940. The van der Waals surface area contributed by atoms with Crippen LogP contribution in [0.25, 0.3) is 11.3 Å². The molecule has 0 saturated carbocycles. The molecular weight excluding hydrogens is 351 g/mol. The van der Waals surface area contributed by atoms with Crippen LogP contribution in [0.4, 0.5) is 4.39 Å². The van der Waals surface area contributed by atoms with E-state index in [1.807, 2.05) is 17.0 Å². The number of pyridine rings is 1. The average molecular weight is 374 g/mol. The van der Waals surface area contributed by atoms with Crippen LogP contribution in [-0.2, 0) is 0 Å². The Hall–Kier alpha value is -3.01. The number of carbonyl (C=O) groups excluding carboxylic acids is 1. The van der Waals surface area contributed by atoms with Crippen molar-refractivity contribution in [1.29, 1.82) is 0 Å². The number of halogens is 1. The van der Waals surface area contributed by atoms with Gasteiger partial charge in [-0.3, -0.25) is 9.78 Å². The van der Waals surface area contributed by atoms with E-state index in [0.29, 0.717) is 22.7 Å². The normalized spacial score (nSPS) is 17.2. The van der Waals surface area contributed by atoms with Crippen molar-refractivity contribution in [2.75, 3.05) is 13.1 Å². The largest absolute Gasteiger partial charge is 0.339 e. The van der Waals surface area contributed by atoms with E-state index in [2.05, 4.69) is 29.2 Å². The number of aromatic nitrogens is 1. The van der Waals surface area contributed by atoms with E-state index in [0.717, 1.165) is 32.4 Å². The fourth-order valence-electron chi connectivity index (χ4n) is 3.88. The summed E-state index contributed by atoms with van der Waals surface area (Å²) in [6, 6.07) is 20.4. The first-order valence-corrected chi connectivity index (χ1v) is 9.77. The molecule has 2 aromatic carbocycles. The molecule has 1 atom stereocenters. The minimum atomic E-state index is -0.294. The molecule has 1 aliphatic rings. The van der Waals surface area contributed by atoms with Crippen LogP contribution < -0.4 is 0 Å². The summed E-state index contributed by atoms with van der Waals surface area (Å²) in [4.78, 5) is 19.2. The zero-order chi connectivity index (χ0) is 19.3. The summed E-state index contributed by atoms with van der Waals surface area (Å²) >= 11 is 0. The van der Waals surface area contributed by atoms with Gasteiger partial charge in [0.15, 0.2) is 0 Å². The molecule has 0 aliphatic carbocycles. The average Bonchev–Trinajstić information content (AvgIpc) is 3.00. The van der Waals surface area contributed by atoms with Gasteiger partial charge in [-0.25, -0.2) is 4.39 Å². The van der Waals surface area contributed by atoms with Crippen LogP contribution in [0.5, 0.6) is 0 Å². The summed E-state index contributed by atoms with van der Waals surface area (Å²) in [7, 11) is 0. The lowest BCUT2D eigenvalue weighted by Gasteiger charge is -2.21. The molecule has 1 amide bonds. The van der Waals surface area contributed by atoms with Crippen LogP contribution in [0, 0.1) is 5.82 Å². The maximum Gasteiger partial charge on any atom is 0.255 e. The second-order valence-corrected chi connectivity index (χ2v) is 7.27. The van der Waals surface area contributed by atoms with E-state index in [4.69, 9.17) is 0 Å². The zero-order valence-electron chi connectivity index (χ0n) is 15.7. The Morgan fingerprint density at radius 1 is 0.964 bits per heavy atom. The molecule has 0 N–H and O–H groups in total. The monoisotopic (exact) mass is 374 g/mol. The van der Waals surface area contributed by atoms with Gasteiger partial charge in [0.05, 0.1) is 11.3 Å². The smallest absolute Gasteiger partial charge is 0.255 e. The molecule has 3 aromatic rings. The number of benzene rings is 2. The van der Waals surface area contributed by atoms with Gasteiger partial charge in [0.1, 0.15) is 5.82 Å². The Kier molecular flexibility index (Phi) is 5.47. The maximum absolute atomic E-state index is 13.4. The number of likely N-dealkylation sites (tertiary alicyclic amines) is 1. The third-order valence-corrected chi connectivity index (χ3v) is 5.42. The molecule has 3 nitrogen and oxygen atoms in total. The first-order valence-electron chi connectivity index (χ1n) is 9.77. The third kappa shape index (κ3) is 4.11. The SMILES string of the molecule is O=C(c1ccc(-c2cccc(F)c2)nc1)N1CCC[C@@H](c2ccccc2)CC1. The topological polar surface area (TPSA) is 33.2 Å². The van der Waals surface area contributed by atoms with Crippen molar-refractivity contribution in [3.8, 4) is 11.3 Å². The molecule has 2 heterocycles. The van der Waals surface area contributed by atoms with Gasteiger partial charge in [0.25, 0.3) is 5.91 Å². The molecule has 0 radical (unpaired) electrons. The standard InChI is InChI=1S/C24H23FN2O/c25-22-10-4-8-20(16-22)23-12-11-21(17-26-23)24(28)27-14-5-9-19(13-15-27)18-6-2-1-3-7-18/h1-4,6-8,10-12,16-17,19H,5,9,13-15H2/t19-/m1/s1. The molecule has 4 rings (SSSR count). The molecule has 142 valence electrons. The third-order valence-electron chi connectivity index (χ3n) is 5.42. The van der Waals surface area contributed by atoms with E-state index in [9.17, 15) is 9.18 Å². The molecule has 4 heteroatoms. The van der Waals surface area contributed by atoms with Gasteiger partial charge in [-0.15, -0.1) is 0 Å². The molecule has 1 aliphatic heterocycles. The Morgan fingerprint density at radius 2 is 1.82 bits per heavy atom. The van der Waals surface area contributed by atoms with Crippen LogP contribution in [0.2, 0.25) is 0 Å². The first kappa shape index (κ1) is 18.4. The minimum Gasteiger partial charge on any atom is -0.339 e. The Balaban J connectivity index is 1.44. The van der Waals surface area contributed by atoms with Gasteiger partial charge in [-0.2, -0.15) is 0 Å². The van der Waals surface area contributed by atoms with Gasteiger partial charge in [0.2, 0.25) is 0 Å². The minimum absolute atomic E-state index is 0.0204. The van der Waals surface area contributed by atoms with Crippen LogP contribution in [0.15, 0.2) is 72.9 Å². The zero-order valence-corrected chi connectivity index (χ0v) is 15.7. The summed E-state index contributed by atoms with van der Waals surface area (Å²) in [6.45, 7) is 1.53. The quantitative estimate of drug-likeness (QED) is 0.623. The van der Waals surface area contributed by atoms with Crippen molar-refractivity contribution in [2.45, 2.75) is 25.2 Å². The predicted molar refractivity (Wildman–Crippen MR) is 109 cm³/mol. The lowest BCUT2D eigenvalue weighted by atomic mass is 9.92. The van der Waals surface area contributed by atoms with Crippen LogP contribution in [0.3, 0.4) is 0 Å². The molecule has 0 spiro atoms. The van der Waals surface area contributed by atoms with Gasteiger partial charge >= 0.3 is 0 Å². The number of rotatable bonds is 3. The summed E-state index contributed by atoms with van der Waals surface area (Å²) in [5, 5.41) is 0. The highest BCUT2D eigenvalue weighted by molar-refractivity contribution is 5.94. The van der Waals surface area contributed by atoms with Gasteiger partial charge < -0.3 is 4.90 Å². The second-order valence-electron chi connectivity index (χ2n) is 7.27. The molecule has 28 heavy (non-hydrogen) atoms. The summed E-state index contributed by atoms with van der Waals surface area (Å²) in [5.41, 5.74) is 3.31. The van der Waals surface area contributed by atoms with E-state index in [1.54, 1.807) is 24.4 Å². The highest BCUT2D eigenvalue weighted by Crippen LogP contribution is 2.28. The number of hydrogen-bond acceptors (Lipinski definition) is 2. The van der Waals surface area contributed by atoms with Gasteiger partial charge in [0, 0.05) is 24.8 Å². The van der Waals surface area contributed by atoms with E-state index >= 15 is 0 Å². The van der Waals surface area contributed by atoms with Crippen molar-refractivity contribution in [1.82, 2.24) is 9.88 Å². The summed E-state index contributed by atoms with van der Waals surface area (Å²) < 4.78 is 13.4. The van der Waals surface area contributed by atoms with Gasteiger partial charge in [-0.1, -0.05) is 42.5 Å². The Labute approximate surface area is 164 Å². The first-order chi connectivity index (χ1) is 13.7. The maximum atomic E-state index is 13.4. The van der Waals surface area contributed by atoms with E-state index < -0.39 is 0 Å². The summed E-state index contributed by atoms with van der Waals surface area (Å²) in [5.74, 6) is 0.233. The highest BCUT2D eigenvalue weighted by Gasteiger charge is 2.22. The van der Waals surface area contributed by atoms with Crippen molar-refractivity contribution < 1.29 is 9.18 Å². The molecule has 1 aromatic heterocycles. The Morgan fingerprint density at radius 3 is 2.57 bits per heavy atom. The van der Waals surface area contributed by atoms with Crippen molar-refractivity contribution in [3.63, 3.8) is 0 Å². The lowest BCUT2D eigenvalue weighted by molar-refractivity contribution is 0.0760. The van der Waals surface area contributed by atoms with E-state index in [1.165, 1.54) is 17.7 Å². The second kappa shape index (κ2) is 8.34. The van der Waals surface area contributed by atoms with Gasteiger partial charge in [-0.05, 0) is 55.0 Å². The highest BCUT2D eigenvalue weighted by atomic mass is 19.1. The van der Waals surface area contributed by atoms with Crippen molar-refractivity contribution in [2.24, 2.45) is 0 Å². The lowest BCUT2D eigenvalue weighted by Crippen LogP contribution is -2.32. The van der Waals surface area contributed by atoms with E-state index in [-0.39, 0.29) is 11.7 Å². The molecule has 0 unspecified atom stereocenters. The van der Waals surface area contributed by atoms with Crippen LogP contribution in [0.1, 0.15) is 41.1 Å². The van der Waals surface area contributed by atoms with Crippen LogP contribution in [-0.4, -0.2) is 28.9 Å². The fraction of sp³-hybridized carbons (Fsp3) is 0.250. The number of amides is 1. The number of nitrogens with zero attached hydrogens (tertiary/aromatic N) is 2. The van der Waals surface area contributed by atoms with Crippen molar-refractivity contribution >= 4 is 5.91 Å². The molecule has 1 saturated heterocycles. The van der Waals surface area contributed by atoms with Crippen LogP contribution >= 0.6 is 0 Å². The number of carbonyl (C=O) groups is 1. The van der Waals surface area contributed by atoms with Crippen molar-refractivity contribution in [3.05, 3.63) is 89.9 Å². The molecule has 0 bridgehead atoms. The fourth-order valence-corrected chi connectivity index (χ4v) is 3.88.